The zero-order valence-corrected chi connectivity index (χ0v) is 10.7. The van der Waals surface area contributed by atoms with Gasteiger partial charge in [-0.15, -0.1) is 11.3 Å². The standard InChI is InChI=1S/C11H9NO4S2/c13-11(14)12-9-6-7-10(17-9)18(15,16)8-4-2-1-3-5-8/h1-7,12H,(H,13,14). The first kappa shape index (κ1) is 12.6. The van der Waals surface area contributed by atoms with E-state index in [1.54, 1.807) is 18.2 Å². The Balaban J connectivity index is 2.37. The Morgan fingerprint density at radius 3 is 2.39 bits per heavy atom. The first-order valence-electron chi connectivity index (χ1n) is 4.90. The van der Waals surface area contributed by atoms with Crippen LogP contribution in [0.3, 0.4) is 0 Å². The minimum atomic E-state index is -3.57. The fraction of sp³-hybridized carbons (Fsp3) is 0. The van der Waals surface area contributed by atoms with E-state index >= 15 is 0 Å². The Morgan fingerprint density at radius 2 is 1.78 bits per heavy atom. The van der Waals surface area contributed by atoms with Crippen molar-refractivity contribution in [1.29, 1.82) is 0 Å². The molecule has 2 N–H and O–H groups in total. The second-order valence-electron chi connectivity index (χ2n) is 3.37. The molecule has 1 aromatic heterocycles. The molecule has 0 atom stereocenters. The zero-order chi connectivity index (χ0) is 13.2. The predicted octanol–water partition coefficient (Wildman–Crippen LogP) is 2.67. The van der Waals surface area contributed by atoms with Crippen molar-refractivity contribution < 1.29 is 18.3 Å². The molecule has 0 fully saturated rings. The van der Waals surface area contributed by atoms with Crippen molar-refractivity contribution in [3.05, 3.63) is 42.5 Å². The van der Waals surface area contributed by atoms with Crippen LogP contribution in [0.5, 0.6) is 0 Å². The van der Waals surface area contributed by atoms with Crippen molar-refractivity contribution in [2.45, 2.75) is 9.10 Å². The van der Waals surface area contributed by atoms with Gasteiger partial charge in [0, 0.05) is 0 Å². The van der Waals surface area contributed by atoms with E-state index in [0.717, 1.165) is 11.3 Å². The molecular formula is C11H9NO4S2. The summed E-state index contributed by atoms with van der Waals surface area (Å²) in [6, 6.07) is 10.8. The Hall–Kier alpha value is -1.86. The van der Waals surface area contributed by atoms with Gasteiger partial charge < -0.3 is 5.11 Å². The fourth-order valence-electron chi connectivity index (χ4n) is 1.35. The topological polar surface area (TPSA) is 83.5 Å². The van der Waals surface area contributed by atoms with Crippen molar-refractivity contribution in [3.8, 4) is 0 Å². The number of sulfone groups is 1. The summed E-state index contributed by atoms with van der Waals surface area (Å²) in [4.78, 5) is 10.6. The quantitative estimate of drug-likeness (QED) is 0.907. The van der Waals surface area contributed by atoms with E-state index in [-0.39, 0.29) is 14.1 Å². The van der Waals surface area contributed by atoms with Gasteiger partial charge in [0.2, 0.25) is 9.84 Å². The molecule has 2 aromatic rings. The molecule has 0 radical (unpaired) electrons. The highest BCUT2D eigenvalue weighted by atomic mass is 32.2. The van der Waals surface area contributed by atoms with Gasteiger partial charge >= 0.3 is 6.09 Å². The molecule has 1 aromatic carbocycles. The molecule has 0 saturated carbocycles. The van der Waals surface area contributed by atoms with Crippen molar-refractivity contribution in [2.24, 2.45) is 0 Å². The predicted molar refractivity (Wildman–Crippen MR) is 67.9 cm³/mol. The lowest BCUT2D eigenvalue weighted by molar-refractivity contribution is 0.210. The molecule has 18 heavy (non-hydrogen) atoms. The molecule has 0 bridgehead atoms. The number of benzene rings is 1. The van der Waals surface area contributed by atoms with Gasteiger partial charge in [-0.3, -0.25) is 5.32 Å². The van der Waals surface area contributed by atoms with Crippen LogP contribution in [0.4, 0.5) is 9.80 Å². The van der Waals surface area contributed by atoms with Crippen LogP contribution in [-0.2, 0) is 9.84 Å². The average Bonchev–Trinajstić information content (AvgIpc) is 2.78. The van der Waals surface area contributed by atoms with Crippen LogP contribution in [0.1, 0.15) is 0 Å². The van der Waals surface area contributed by atoms with E-state index in [1.807, 2.05) is 0 Å². The first-order chi connectivity index (χ1) is 8.50. The lowest BCUT2D eigenvalue weighted by Crippen LogP contribution is -2.05. The maximum Gasteiger partial charge on any atom is 0.409 e. The summed E-state index contributed by atoms with van der Waals surface area (Å²) in [6.07, 6.45) is -1.22. The lowest BCUT2D eigenvalue weighted by Gasteiger charge is -2.00. The molecule has 7 heteroatoms. The van der Waals surface area contributed by atoms with Crippen molar-refractivity contribution in [3.63, 3.8) is 0 Å². The number of amides is 1. The third-order valence-corrected chi connectivity index (χ3v) is 5.39. The summed E-state index contributed by atoms with van der Waals surface area (Å²) in [7, 11) is -3.57. The monoisotopic (exact) mass is 283 g/mol. The average molecular weight is 283 g/mol. The Kier molecular flexibility index (Phi) is 3.35. The van der Waals surface area contributed by atoms with Crippen LogP contribution < -0.4 is 5.32 Å². The van der Waals surface area contributed by atoms with Crippen molar-refractivity contribution >= 4 is 32.3 Å². The SMILES string of the molecule is O=C(O)Nc1ccc(S(=O)(=O)c2ccccc2)s1. The number of carbonyl (C=O) groups is 1. The highest BCUT2D eigenvalue weighted by Gasteiger charge is 2.19. The first-order valence-corrected chi connectivity index (χ1v) is 7.20. The Labute approximate surface area is 108 Å². The van der Waals surface area contributed by atoms with Gasteiger partial charge in [-0.1, -0.05) is 18.2 Å². The van der Waals surface area contributed by atoms with Gasteiger partial charge in [0.25, 0.3) is 0 Å². The number of rotatable bonds is 3. The molecule has 0 saturated heterocycles. The number of carboxylic acid groups (broad SMARTS) is 1. The number of nitrogens with one attached hydrogen (secondary N) is 1. The van der Waals surface area contributed by atoms with Crippen LogP contribution in [0.25, 0.3) is 0 Å². The summed E-state index contributed by atoms with van der Waals surface area (Å²) in [5.41, 5.74) is 0. The molecule has 1 amide bonds. The van der Waals surface area contributed by atoms with Crippen LogP contribution >= 0.6 is 11.3 Å². The minimum absolute atomic E-state index is 0.109. The normalized spacial score (nSPS) is 11.1. The van der Waals surface area contributed by atoms with Crippen molar-refractivity contribution in [1.82, 2.24) is 0 Å². The Bertz CT molecular complexity index is 661. The van der Waals surface area contributed by atoms with Gasteiger partial charge in [-0.2, -0.15) is 0 Å². The highest BCUT2D eigenvalue weighted by molar-refractivity contribution is 7.93. The molecular weight excluding hydrogens is 274 g/mol. The number of hydrogen-bond donors (Lipinski definition) is 2. The van der Waals surface area contributed by atoms with Gasteiger partial charge in [-0.05, 0) is 24.3 Å². The van der Waals surface area contributed by atoms with E-state index in [4.69, 9.17) is 5.11 Å². The van der Waals surface area contributed by atoms with Crippen LogP contribution in [0.2, 0.25) is 0 Å². The second kappa shape index (κ2) is 4.79. The third kappa shape index (κ3) is 2.52. The van der Waals surface area contributed by atoms with E-state index in [0.29, 0.717) is 0 Å². The van der Waals surface area contributed by atoms with Gasteiger partial charge in [-0.25, -0.2) is 13.2 Å². The molecule has 94 valence electrons. The van der Waals surface area contributed by atoms with E-state index in [2.05, 4.69) is 5.32 Å². The van der Waals surface area contributed by atoms with Crippen LogP contribution in [0, 0.1) is 0 Å². The zero-order valence-electron chi connectivity index (χ0n) is 9.03. The summed E-state index contributed by atoms with van der Waals surface area (Å²) in [5, 5.41) is 10.9. The highest BCUT2D eigenvalue weighted by Crippen LogP contribution is 2.30. The van der Waals surface area contributed by atoms with Crippen LogP contribution in [-0.4, -0.2) is 19.6 Å². The second-order valence-corrected chi connectivity index (χ2v) is 6.63. The molecule has 0 aliphatic heterocycles. The van der Waals surface area contributed by atoms with Gasteiger partial charge in [0.15, 0.2) is 0 Å². The van der Waals surface area contributed by atoms with Gasteiger partial charge in [0.05, 0.1) is 9.90 Å². The summed E-state index contributed by atoms with van der Waals surface area (Å²) < 4.78 is 24.4. The fourth-order valence-corrected chi connectivity index (χ4v) is 3.97. The molecule has 0 aliphatic rings. The molecule has 5 nitrogen and oxygen atoms in total. The largest absolute Gasteiger partial charge is 0.465 e. The molecule has 2 rings (SSSR count). The third-order valence-electron chi connectivity index (χ3n) is 2.13. The van der Waals surface area contributed by atoms with Crippen molar-refractivity contribution in [2.75, 3.05) is 5.32 Å². The Morgan fingerprint density at radius 1 is 1.11 bits per heavy atom. The summed E-state index contributed by atoms with van der Waals surface area (Å²) in [6.45, 7) is 0. The molecule has 0 unspecified atom stereocenters. The maximum atomic E-state index is 12.2. The summed E-state index contributed by atoms with van der Waals surface area (Å²) in [5.74, 6) is 0. The van der Waals surface area contributed by atoms with E-state index in [9.17, 15) is 13.2 Å². The number of thiophene rings is 1. The molecule has 0 aliphatic carbocycles. The van der Waals surface area contributed by atoms with Crippen LogP contribution in [0.15, 0.2) is 51.6 Å². The van der Waals surface area contributed by atoms with E-state index in [1.165, 1.54) is 24.3 Å². The number of hydrogen-bond acceptors (Lipinski definition) is 4. The molecule has 0 spiro atoms. The molecule has 1 heterocycles. The summed E-state index contributed by atoms with van der Waals surface area (Å²) >= 11 is 0.883. The number of anilines is 1. The lowest BCUT2D eigenvalue weighted by atomic mass is 10.4. The van der Waals surface area contributed by atoms with Gasteiger partial charge in [0.1, 0.15) is 4.21 Å². The minimum Gasteiger partial charge on any atom is -0.465 e. The maximum absolute atomic E-state index is 12.2. The van der Waals surface area contributed by atoms with E-state index < -0.39 is 15.9 Å². The smallest absolute Gasteiger partial charge is 0.409 e.